The zero-order chi connectivity index (χ0) is 24.8. The number of imidazole rings is 1. The van der Waals surface area contributed by atoms with E-state index in [1.165, 1.54) is 22.9 Å². The zero-order valence-corrected chi connectivity index (χ0v) is 16.4. The van der Waals surface area contributed by atoms with Gasteiger partial charge in [0.05, 0.1) is 11.4 Å². The van der Waals surface area contributed by atoms with Gasteiger partial charge in [-0.2, -0.15) is 0 Å². The van der Waals surface area contributed by atoms with Gasteiger partial charge < -0.3 is 10.1 Å². The van der Waals surface area contributed by atoms with Gasteiger partial charge in [0.25, 0.3) is 5.56 Å². The largest absolute Gasteiger partial charge is 0.508 e. The summed E-state index contributed by atoms with van der Waals surface area (Å²) in [6, 6.07) is 23.1. The molecule has 5 nitrogen and oxygen atoms in total. The minimum absolute atomic E-state index is 0.00110. The molecular formula is C26H21N3O2. The van der Waals surface area contributed by atoms with Gasteiger partial charge in [-0.1, -0.05) is 60.7 Å². The third-order valence-corrected chi connectivity index (χ3v) is 4.87. The standard InChI is InChI=1S/C26H21N3O2/c30-21-13-11-20(12-14-21)24-17-29-25(22(27-24)15-18-7-3-1-4-8-18)28-23(26(29)31)16-19-9-5-2-6-10-19/h1-14,17,27,30H,15-16H2/i15D2,16D2. The second-order valence-corrected chi connectivity index (χ2v) is 7.03. The zero-order valence-electron chi connectivity index (χ0n) is 20.4. The summed E-state index contributed by atoms with van der Waals surface area (Å²) in [6.07, 6.45) is -2.80. The molecule has 0 saturated carbocycles. The van der Waals surface area contributed by atoms with Crippen LogP contribution in [-0.4, -0.2) is 19.6 Å². The highest BCUT2D eigenvalue weighted by atomic mass is 16.3. The van der Waals surface area contributed by atoms with Crippen LogP contribution in [0.5, 0.6) is 5.75 Å². The van der Waals surface area contributed by atoms with Crippen molar-refractivity contribution in [2.45, 2.75) is 12.7 Å². The Morgan fingerprint density at radius 1 is 0.871 bits per heavy atom. The number of H-pyrrole nitrogens is 1. The summed E-state index contributed by atoms with van der Waals surface area (Å²) in [5.74, 6) is 0.0707. The van der Waals surface area contributed by atoms with E-state index in [4.69, 9.17) is 5.48 Å². The third-order valence-electron chi connectivity index (χ3n) is 4.87. The fraction of sp³-hybridized carbons (Fsp3) is 0.0769. The summed E-state index contributed by atoms with van der Waals surface area (Å²) in [7, 11) is 0. The molecule has 3 aromatic rings. The first-order chi connectivity index (χ1) is 16.7. The number of benzene rings is 3. The number of phenols is 1. The number of hydrogen-bond donors (Lipinski definition) is 2. The number of hydrogen-bond acceptors (Lipinski definition) is 3. The van der Waals surface area contributed by atoms with E-state index in [1.54, 1.807) is 72.8 Å². The van der Waals surface area contributed by atoms with Crippen LogP contribution in [-0.2, 0) is 12.7 Å². The summed E-state index contributed by atoms with van der Waals surface area (Å²) < 4.78 is 36.4. The van der Waals surface area contributed by atoms with E-state index in [9.17, 15) is 9.90 Å². The smallest absolute Gasteiger partial charge is 0.278 e. The highest BCUT2D eigenvalue weighted by molar-refractivity contribution is 5.61. The molecule has 2 heterocycles. The van der Waals surface area contributed by atoms with Crippen molar-refractivity contribution in [3.8, 4) is 22.8 Å². The molecule has 0 unspecified atom stereocenters. The van der Waals surface area contributed by atoms with Crippen molar-refractivity contribution in [1.82, 2.24) is 14.5 Å². The Morgan fingerprint density at radius 2 is 1.48 bits per heavy atom. The Kier molecular flexibility index (Phi) is 3.80. The van der Waals surface area contributed by atoms with Crippen LogP contribution in [0.2, 0.25) is 0 Å². The summed E-state index contributed by atoms with van der Waals surface area (Å²) in [6.45, 7) is 0. The van der Waals surface area contributed by atoms with E-state index >= 15 is 0 Å². The van der Waals surface area contributed by atoms with Crippen molar-refractivity contribution >= 4 is 0 Å². The average Bonchev–Trinajstić information content (AvgIpc) is 3.22. The number of nitrogens with zero attached hydrogens (tertiary/aromatic N) is 2. The highest BCUT2D eigenvalue weighted by Gasteiger charge is 2.20. The SMILES string of the molecule is [2H]C([2H])(c1ccccc1)c1[nH]c(-c2ccc(O)cc2)cn2c(=O)c(C([2H])([2H])c3ccccc3)nc1-2. The first-order valence-corrected chi connectivity index (χ1v) is 9.76. The van der Waals surface area contributed by atoms with Gasteiger partial charge in [0.15, 0.2) is 5.82 Å². The quantitative estimate of drug-likeness (QED) is 0.446. The molecule has 0 bridgehead atoms. The monoisotopic (exact) mass is 411 g/mol. The maximum atomic E-state index is 13.5. The van der Waals surface area contributed by atoms with Gasteiger partial charge in [-0.25, -0.2) is 4.98 Å². The lowest BCUT2D eigenvalue weighted by atomic mass is 10.1. The topological polar surface area (TPSA) is 70.9 Å². The first kappa shape index (κ1) is 14.8. The molecule has 0 spiro atoms. The van der Waals surface area contributed by atoms with Crippen LogP contribution in [0.4, 0.5) is 0 Å². The number of aromatic amines is 1. The van der Waals surface area contributed by atoms with E-state index in [2.05, 4.69) is 9.97 Å². The van der Waals surface area contributed by atoms with Crippen molar-refractivity contribution in [2.75, 3.05) is 0 Å². The van der Waals surface area contributed by atoms with Crippen molar-refractivity contribution in [3.05, 3.63) is 124 Å². The molecule has 2 aliphatic heterocycles. The van der Waals surface area contributed by atoms with E-state index in [0.29, 0.717) is 16.8 Å². The minimum atomic E-state index is -2.19. The van der Waals surface area contributed by atoms with Crippen molar-refractivity contribution in [1.29, 1.82) is 0 Å². The van der Waals surface area contributed by atoms with E-state index in [1.807, 2.05) is 0 Å². The number of nitrogens with one attached hydrogen (secondary N) is 1. The number of aromatic hydroxyl groups is 1. The molecule has 0 atom stereocenters. The normalized spacial score (nSPS) is 13.9. The maximum Gasteiger partial charge on any atom is 0.278 e. The van der Waals surface area contributed by atoms with Crippen LogP contribution in [0.1, 0.15) is 28.0 Å². The lowest BCUT2D eigenvalue weighted by Gasteiger charge is -2.13. The summed E-state index contributed by atoms with van der Waals surface area (Å²) >= 11 is 0. The van der Waals surface area contributed by atoms with Gasteiger partial charge in [-0.3, -0.25) is 9.36 Å². The predicted molar refractivity (Wildman–Crippen MR) is 121 cm³/mol. The van der Waals surface area contributed by atoms with Gasteiger partial charge in [0, 0.05) is 24.4 Å². The molecule has 31 heavy (non-hydrogen) atoms. The van der Waals surface area contributed by atoms with E-state index in [0.717, 1.165) is 0 Å². The second-order valence-electron chi connectivity index (χ2n) is 7.03. The van der Waals surface area contributed by atoms with Gasteiger partial charge in [0.2, 0.25) is 0 Å². The van der Waals surface area contributed by atoms with Gasteiger partial charge >= 0.3 is 0 Å². The molecular weight excluding hydrogens is 386 g/mol. The van der Waals surface area contributed by atoms with Gasteiger partial charge in [-0.15, -0.1) is 0 Å². The molecule has 5 rings (SSSR count). The van der Waals surface area contributed by atoms with Crippen LogP contribution in [0.15, 0.2) is 95.9 Å². The van der Waals surface area contributed by atoms with Crippen LogP contribution >= 0.6 is 0 Å². The summed E-state index contributed by atoms with van der Waals surface area (Å²) in [4.78, 5) is 20.9. The lowest BCUT2D eigenvalue weighted by Crippen LogP contribution is -2.17. The molecule has 0 radical (unpaired) electrons. The van der Waals surface area contributed by atoms with Crippen LogP contribution < -0.4 is 5.56 Å². The number of rotatable bonds is 5. The van der Waals surface area contributed by atoms with Crippen molar-refractivity contribution < 1.29 is 10.6 Å². The fourth-order valence-electron chi connectivity index (χ4n) is 3.35. The van der Waals surface area contributed by atoms with Gasteiger partial charge in [-0.05, 0) is 41.0 Å². The number of phenolic OH excluding ortho intramolecular Hbond substituents is 1. The van der Waals surface area contributed by atoms with Gasteiger partial charge in [0.1, 0.15) is 11.4 Å². The fourth-order valence-corrected chi connectivity index (χ4v) is 3.35. The lowest BCUT2D eigenvalue weighted by molar-refractivity contribution is 0.475. The van der Waals surface area contributed by atoms with E-state index < -0.39 is 18.3 Å². The van der Waals surface area contributed by atoms with Crippen molar-refractivity contribution in [3.63, 3.8) is 0 Å². The predicted octanol–water partition coefficient (Wildman–Crippen LogP) is 4.55. The van der Waals surface area contributed by atoms with Crippen LogP contribution in [0, 0.1) is 0 Å². The Bertz CT molecular complexity index is 1510. The molecule has 0 aromatic heterocycles. The molecule has 0 fully saturated rings. The molecule has 3 aromatic carbocycles. The van der Waals surface area contributed by atoms with Crippen LogP contribution in [0.3, 0.4) is 0 Å². The summed E-state index contributed by atoms with van der Waals surface area (Å²) in [5.41, 5.74) is 0.656. The summed E-state index contributed by atoms with van der Waals surface area (Å²) in [5, 5.41) is 9.68. The number of aromatic nitrogens is 3. The average molecular weight is 411 g/mol. The molecule has 152 valence electrons. The third kappa shape index (κ3) is 3.85. The molecule has 5 heteroatoms. The Balaban J connectivity index is 1.80. The highest BCUT2D eigenvalue weighted by Crippen LogP contribution is 2.25. The first-order valence-electron chi connectivity index (χ1n) is 11.8. The molecule has 2 N–H and O–H groups in total. The molecule has 2 aliphatic rings. The Morgan fingerprint density at radius 3 is 2.13 bits per heavy atom. The Labute approximate surface area is 185 Å². The number of fused-ring (bicyclic) bond motifs is 1. The minimum Gasteiger partial charge on any atom is -0.508 e. The van der Waals surface area contributed by atoms with E-state index in [-0.39, 0.29) is 28.5 Å². The van der Waals surface area contributed by atoms with Crippen LogP contribution in [0.25, 0.3) is 17.1 Å². The maximum absolute atomic E-state index is 13.5. The molecule has 0 saturated heterocycles. The second kappa shape index (κ2) is 7.95. The molecule has 0 aliphatic carbocycles. The molecule has 0 amide bonds. The Hall–Kier alpha value is -4.12. The van der Waals surface area contributed by atoms with Crippen molar-refractivity contribution in [2.24, 2.45) is 0 Å².